The summed E-state index contributed by atoms with van der Waals surface area (Å²) in [5, 5.41) is 44.9. The van der Waals surface area contributed by atoms with Gasteiger partial charge in [0, 0.05) is 6.54 Å². The molecule has 3 atom stereocenters. The summed E-state index contributed by atoms with van der Waals surface area (Å²) in [6.45, 7) is -0.365. The first-order chi connectivity index (χ1) is 11.5. The maximum absolute atomic E-state index is 10.8. The molecule has 14 heteroatoms. The van der Waals surface area contributed by atoms with Crippen molar-refractivity contribution < 1.29 is 58.8 Å². The van der Waals surface area contributed by atoms with E-state index in [9.17, 15) is 14.2 Å². The van der Waals surface area contributed by atoms with E-state index in [1.807, 2.05) is 0 Å². The summed E-state index contributed by atoms with van der Waals surface area (Å²) < 4.78 is 18.9. The topological polar surface area (TPSA) is 215 Å². The third-order valence-corrected chi connectivity index (χ3v) is 3.62. The van der Waals surface area contributed by atoms with Crippen molar-refractivity contribution in [3.63, 3.8) is 0 Å². The largest absolute Gasteiger partial charge is 0.524 e. The monoisotopic (exact) mass is 387 g/mol. The molecule has 0 saturated carbocycles. The highest BCUT2D eigenvalue weighted by Gasteiger charge is 2.43. The summed E-state index contributed by atoms with van der Waals surface area (Å²) in [5.74, 6) is -4.29. The van der Waals surface area contributed by atoms with Crippen molar-refractivity contribution in [1.29, 1.82) is 0 Å². The van der Waals surface area contributed by atoms with Crippen LogP contribution in [0.15, 0.2) is 11.5 Å². The van der Waals surface area contributed by atoms with Crippen LogP contribution in [0.1, 0.15) is 12.8 Å². The number of nitrogens with zero attached hydrogens (tertiary/aromatic N) is 1. The van der Waals surface area contributed by atoms with E-state index in [-0.39, 0.29) is 0 Å². The van der Waals surface area contributed by atoms with Gasteiger partial charge in [0.1, 0.15) is 12.1 Å². The Balaban J connectivity index is 0.000000293. The molecule has 0 aromatic carbocycles. The molecule has 0 spiro atoms. The van der Waals surface area contributed by atoms with Crippen LogP contribution in [0.4, 0.5) is 0 Å². The van der Waals surface area contributed by atoms with Crippen LogP contribution in [0.3, 0.4) is 0 Å². The Hall–Kier alpha value is -1.73. The van der Waals surface area contributed by atoms with E-state index in [1.54, 1.807) is 0 Å². The zero-order valence-corrected chi connectivity index (χ0v) is 13.5. The molecule has 0 aliphatic carbocycles. The Kier molecular flexibility index (Phi) is 7.31. The molecule has 0 aromatic heterocycles. The number of aliphatic hydroxyl groups is 3. The average molecular weight is 387 g/mol. The van der Waals surface area contributed by atoms with E-state index >= 15 is 0 Å². The first kappa shape index (κ1) is 21.3. The SMILES string of the molecule is O=C(O)C1CCCN1O.O=C1O[C@H]([C@@H](O)CO)C(OP(=O)(O)O)=C1O. The Labute approximate surface area is 140 Å². The first-order valence-corrected chi connectivity index (χ1v) is 8.37. The standard InChI is InChI=1S/C6H9O9P.C5H9NO3/c7-1-2(8)4-5(15-16(11,12)13)3(9)6(10)14-4;7-5(8)4-2-1-3-6(4)9/h2,4,7-9H,1H2,(H2,11,12,13);4,9H,1-3H2,(H,7,8)/t2-,4+;/m0./s1. The summed E-state index contributed by atoms with van der Waals surface area (Å²) in [4.78, 5) is 38.0. The number of esters is 1. The lowest BCUT2D eigenvalue weighted by atomic mass is 10.2. The van der Waals surface area contributed by atoms with Crippen molar-refractivity contribution in [2.45, 2.75) is 31.1 Å². The number of aliphatic hydroxyl groups excluding tert-OH is 3. The maximum Gasteiger partial charge on any atom is 0.524 e. The van der Waals surface area contributed by atoms with Crippen molar-refractivity contribution in [3.8, 4) is 0 Å². The number of phosphoric ester groups is 1. The molecule has 13 nitrogen and oxygen atoms in total. The van der Waals surface area contributed by atoms with Crippen LogP contribution in [-0.4, -0.2) is 83.8 Å². The fourth-order valence-corrected chi connectivity index (χ4v) is 2.48. The molecule has 0 bridgehead atoms. The summed E-state index contributed by atoms with van der Waals surface area (Å²) in [6, 6.07) is -0.662. The van der Waals surface area contributed by atoms with Crippen molar-refractivity contribution >= 4 is 19.8 Å². The molecule has 0 amide bonds. The number of phosphoric acid groups is 1. The molecule has 0 radical (unpaired) electrons. The molecule has 0 aromatic rings. The summed E-state index contributed by atoms with van der Waals surface area (Å²) >= 11 is 0. The van der Waals surface area contributed by atoms with E-state index in [0.29, 0.717) is 13.0 Å². The lowest BCUT2D eigenvalue weighted by Crippen LogP contribution is -2.32. The number of hydrogen-bond acceptors (Lipinski definition) is 10. The Morgan fingerprint density at radius 2 is 2.04 bits per heavy atom. The van der Waals surface area contributed by atoms with Crippen LogP contribution in [-0.2, 0) is 23.4 Å². The van der Waals surface area contributed by atoms with Gasteiger partial charge in [-0.05, 0) is 12.8 Å². The Morgan fingerprint density at radius 1 is 1.44 bits per heavy atom. The van der Waals surface area contributed by atoms with Gasteiger partial charge in [0.15, 0.2) is 6.10 Å². The number of carboxylic acids is 1. The number of aliphatic carboxylic acids is 1. The third kappa shape index (κ3) is 5.93. The fourth-order valence-electron chi connectivity index (χ4n) is 2.03. The van der Waals surface area contributed by atoms with Gasteiger partial charge >= 0.3 is 19.8 Å². The number of carbonyl (C=O) groups is 2. The predicted octanol–water partition coefficient (Wildman–Crippen LogP) is -1.93. The molecule has 1 fully saturated rings. The number of ether oxygens (including phenoxy) is 1. The second-order valence-corrected chi connectivity index (χ2v) is 6.19. The van der Waals surface area contributed by atoms with Crippen LogP contribution in [0, 0.1) is 0 Å². The van der Waals surface area contributed by atoms with Gasteiger partial charge in [0.2, 0.25) is 11.5 Å². The Morgan fingerprint density at radius 3 is 2.40 bits per heavy atom. The zero-order valence-electron chi connectivity index (χ0n) is 12.6. The third-order valence-electron chi connectivity index (χ3n) is 3.18. The average Bonchev–Trinajstić information content (AvgIpc) is 3.04. The van der Waals surface area contributed by atoms with Gasteiger partial charge in [0.05, 0.1) is 6.61 Å². The molecular formula is C11H18NO12P. The van der Waals surface area contributed by atoms with Crippen LogP contribution >= 0.6 is 7.82 Å². The second-order valence-electron chi connectivity index (χ2n) is 5.03. The molecule has 2 rings (SSSR count). The van der Waals surface area contributed by atoms with Crippen molar-refractivity contribution in [2.24, 2.45) is 0 Å². The number of hydroxylamine groups is 2. The van der Waals surface area contributed by atoms with Gasteiger partial charge in [-0.15, -0.1) is 0 Å². The number of cyclic esters (lactones) is 1. The van der Waals surface area contributed by atoms with Gasteiger partial charge in [-0.3, -0.25) is 14.6 Å². The van der Waals surface area contributed by atoms with Gasteiger partial charge in [-0.25, -0.2) is 9.36 Å². The summed E-state index contributed by atoms with van der Waals surface area (Å²) in [7, 11) is -5.01. The van der Waals surface area contributed by atoms with Gasteiger partial charge in [0.25, 0.3) is 0 Å². The highest BCUT2D eigenvalue weighted by atomic mass is 31.2. The number of rotatable bonds is 5. The minimum atomic E-state index is -5.01. The van der Waals surface area contributed by atoms with Crippen LogP contribution in [0.2, 0.25) is 0 Å². The molecular weight excluding hydrogens is 369 g/mol. The van der Waals surface area contributed by atoms with E-state index in [4.69, 9.17) is 35.4 Å². The smallest absolute Gasteiger partial charge is 0.499 e. The molecule has 1 unspecified atom stereocenters. The molecule has 25 heavy (non-hydrogen) atoms. The normalized spacial score (nSPS) is 25.2. The summed E-state index contributed by atoms with van der Waals surface area (Å²) in [5.41, 5.74) is 0. The van der Waals surface area contributed by atoms with E-state index in [2.05, 4.69) is 9.26 Å². The van der Waals surface area contributed by atoms with Crippen molar-refractivity contribution in [3.05, 3.63) is 11.5 Å². The zero-order chi connectivity index (χ0) is 19.4. The molecule has 2 aliphatic rings. The van der Waals surface area contributed by atoms with Crippen LogP contribution in [0.25, 0.3) is 0 Å². The van der Waals surface area contributed by atoms with Crippen LogP contribution in [0.5, 0.6) is 0 Å². The van der Waals surface area contributed by atoms with E-state index in [1.165, 1.54) is 0 Å². The van der Waals surface area contributed by atoms with Gasteiger partial charge < -0.3 is 34.9 Å². The molecule has 2 heterocycles. The van der Waals surface area contributed by atoms with Crippen molar-refractivity contribution in [1.82, 2.24) is 5.06 Å². The van der Waals surface area contributed by atoms with Gasteiger partial charge in [-0.2, -0.15) is 5.06 Å². The maximum atomic E-state index is 10.8. The fraction of sp³-hybridized carbons (Fsp3) is 0.636. The summed E-state index contributed by atoms with van der Waals surface area (Å²) in [6.07, 6.45) is -1.97. The number of carbonyl (C=O) groups excluding carboxylic acids is 1. The van der Waals surface area contributed by atoms with Crippen molar-refractivity contribution in [2.75, 3.05) is 13.2 Å². The van der Waals surface area contributed by atoms with E-state index < -0.39 is 56.1 Å². The molecule has 144 valence electrons. The highest BCUT2D eigenvalue weighted by molar-refractivity contribution is 7.46. The van der Waals surface area contributed by atoms with Gasteiger partial charge in [-0.1, -0.05) is 0 Å². The minimum absolute atomic E-state index is 0.483. The molecule has 7 N–H and O–H groups in total. The number of hydrogen-bond donors (Lipinski definition) is 7. The molecule has 2 aliphatic heterocycles. The second kappa shape index (κ2) is 8.58. The molecule has 1 saturated heterocycles. The lowest BCUT2D eigenvalue weighted by molar-refractivity contribution is -0.161. The number of carboxylic acid groups (broad SMARTS) is 1. The first-order valence-electron chi connectivity index (χ1n) is 6.84. The quantitative estimate of drug-likeness (QED) is 0.202. The predicted molar refractivity (Wildman–Crippen MR) is 74.9 cm³/mol. The van der Waals surface area contributed by atoms with E-state index in [0.717, 1.165) is 11.5 Å². The highest BCUT2D eigenvalue weighted by Crippen LogP contribution is 2.42. The van der Waals surface area contributed by atoms with Crippen LogP contribution < -0.4 is 0 Å². The lowest BCUT2D eigenvalue weighted by Gasteiger charge is -2.18. The Bertz CT molecular complexity index is 586. The minimum Gasteiger partial charge on any atom is -0.499 e.